The summed E-state index contributed by atoms with van der Waals surface area (Å²) in [7, 11) is 1.25. The lowest BCUT2D eigenvalue weighted by molar-refractivity contribution is -0.124. The first-order valence-corrected chi connectivity index (χ1v) is 6.21. The van der Waals surface area contributed by atoms with Gasteiger partial charge in [0.2, 0.25) is 5.91 Å². The number of anilines is 1. The van der Waals surface area contributed by atoms with Crippen LogP contribution in [0, 0.1) is 0 Å². The van der Waals surface area contributed by atoms with Gasteiger partial charge in [-0.1, -0.05) is 13.3 Å². The zero-order valence-electron chi connectivity index (χ0n) is 11.5. The molecule has 0 saturated carbocycles. The van der Waals surface area contributed by atoms with Crippen molar-refractivity contribution in [3.8, 4) is 0 Å². The Balaban J connectivity index is 2.74. The van der Waals surface area contributed by atoms with Gasteiger partial charge in [-0.15, -0.1) is 0 Å². The van der Waals surface area contributed by atoms with Gasteiger partial charge in [-0.3, -0.25) is 9.48 Å². The van der Waals surface area contributed by atoms with Crippen LogP contribution in [0.25, 0.3) is 0 Å². The maximum absolute atomic E-state index is 11.8. The first-order chi connectivity index (χ1) is 9.01. The highest BCUT2D eigenvalue weighted by molar-refractivity contribution is 5.92. The van der Waals surface area contributed by atoms with Gasteiger partial charge in [0.25, 0.3) is 0 Å². The Kier molecular flexibility index (Phi) is 5.35. The molecule has 3 N–H and O–H groups in total. The highest BCUT2D eigenvalue weighted by Gasteiger charge is 2.20. The summed E-state index contributed by atoms with van der Waals surface area (Å²) in [5.74, 6) is -0.776. The second-order valence-corrected chi connectivity index (χ2v) is 4.23. The molecule has 0 bridgehead atoms. The normalized spacial score (nSPS) is 11.9. The summed E-state index contributed by atoms with van der Waals surface area (Å²) in [6, 6.07) is -0.530. The zero-order chi connectivity index (χ0) is 14.4. The molecule has 7 nitrogen and oxygen atoms in total. The van der Waals surface area contributed by atoms with Crippen molar-refractivity contribution in [1.29, 1.82) is 0 Å². The molecule has 106 valence electrons. The number of esters is 1. The number of rotatable bonds is 6. The van der Waals surface area contributed by atoms with Crippen LogP contribution in [-0.2, 0) is 9.53 Å². The monoisotopic (exact) mass is 268 g/mol. The van der Waals surface area contributed by atoms with Crippen LogP contribution in [0.15, 0.2) is 6.20 Å². The maximum Gasteiger partial charge on any atom is 0.360 e. The molecule has 1 amide bonds. The third kappa shape index (κ3) is 3.70. The van der Waals surface area contributed by atoms with E-state index in [1.54, 1.807) is 6.92 Å². The molecule has 0 radical (unpaired) electrons. The van der Waals surface area contributed by atoms with Gasteiger partial charge < -0.3 is 15.8 Å². The largest absolute Gasteiger partial charge is 0.464 e. The SMILES string of the molecule is CCCCNC(=O)C(C)n1cc(N)c(C(=O)OC)n1. The molecule has 1 aromatic heterocycles. The van der Waals surface area contributed by atoms with Gasteiger partial charge >= 0.3 is 5.97 Å². The molecule has 0 saturated heterocycles. The van der Waals surface area contributed by atoms with E-state index in [2.05, 4.69) is 15.2 Å². The molecular weight excluding hydrogens is 248 g/mol. The van der Waals surface area contributed by atoms with Gasteiger partial charge in [0, 0.05) is 12.7 Å². The number of unbranched alkanes of at least 4 members (excludes halogenated alkanes) is 1. The first-order valence-electron chi connectivity index (χ1n) is 6.21. The van der Waals surface area contributed by atoms with Crippen LogP contribution < -0.4 is 11.1 Å². The molecule has 0 aliphatic rings. The fourth-order valence-electron chi connectivity index (χ4n) is 1.52. The average molecular weight is 268 g/mol. The highest BCUT2D eigenvalue weighted by atomic mass is 16.5. The minimum Gasteiger partial charge on any atom is -0.464 e. The van der Waals surface area contributed by atoms with Gasteiger partial charge in [-0.25, -0.2) is 4.79 Å². The average Bonchev–Trinajstić information content (AvgIpc) is 2.79. The Labute approximate surface area is 112 Å². The van der Waals surface area contributed by atoms with Gasteiger partial charge in [-0.2, -0.15) is 5.10 Å². The molecule has 0 fully saturated rings. The number of nitrogens with two attached hydrogens (primary N) is 1. The summed E-state index contributed by atoms with van der Waals surface area (Å²) < 4.78 is 5.92. The van der Waals surface area contributed by atoms with Gasteiger partial charge in [0.05, 0.1) is 12.8 Å². The second-order valence-electron chi connectivity index (χ2n) is 4.23. The lowest BCUT2D eigenvalue weighted by atomic mass is 10.3. The van der Waals surface area contributed by atoms with E-state index in [1.807, 2.05) is 6.92 Å². The lowest BCUT2D eigenvalue weighted by Gasteiger charge is -2.12. The maximum atomic E-state index is 11.8. The highest BCUT2D eigenvalue weighted by Crippen LogP contribution is 2.14. The van der Waals surface area contributed by atoms with Crippen LogP contribution in [0.2, 0.25) is 0 Å². The van der Waals surface area contributed by atoms with E-state index in [4.69, 9.17) is 5.73 Å². The number of hydrogen-bond acceptors (Lipinski definition) is 5. The van der Waals surface area contributed by atoms with Crippen LogP contribution in [0.1, 0.15) is 43.2 Å². The predicted octanol–water partition coefficient (Wildman–Crippen LogP) is 0.729. The van der Waals surface area contributed by atoms with Crippen molar-refractivity contribution in [3.05, 3.63) is 11.9 Å². The second kappa shape index (κ2) is 6.77. The number of nitrogens with one attached hydrogen (secondary N) is 1. The zero-order valence-corrected chi connectivity index (χ0v) is 11.5. The Morgan fingerprint density at radius 2 is 2.26 bits per heavy atom. The number of amides is 1. The van der Waals surface area contributed by atoms with Gasteiger partial charge in [0.1, 0.15) is 6.04 Å². The molecule has 0 aliphatic heterocycles. The van der Waals surface area contributed by atoms with Crippen LogP contribution >= 0.6 is 0 Å². The summed E-state index contributed by atoms with van der Waals surface area (Å²) in [4.78, 5) is 23.2. The molecule has 1 heterocycles. The Morgan fingerprint density at radius 1 is 1.58 bits per heavy atom. The van der Waals surface area contributed by atoms with Crippen molar-refractivity contribution >= 4 is 17.6 Å². The number of methoxy groups -OCH3 is 1. The number of nitrogen functional groups attached to an aromatic ring is 1. The molecule has 1 aromatic rings. The van der Waals surface area contributed by atoms with Gasteiger partial charge in [-0.05, 0) is 13.3 Å². The Morgan fingerprint density at radius 3 is 2.84 bits per heavy atom. The number of aromatic nitrogens is 2. The molecule has 0 aromatic carbocycles. The third-order valence-electron chi connectivity index (χ3n) is 2.74. The minimum atomic E-state index is -0.616. The van der Waals surface area contributed by atoms with E-state index in [-0.39, 0.29) is 17.3 Å². The fraction of sp³-hybridized carbons (Fsp3) is 0.583. The topological polar surface area (TPSA) is 99.2 Å². The Hall–Kier alpha value is -2.05. The summed E-state index contributed by atoms with van der Waals surface area (Å²) in [5.41, 5.74) is 5.88. The molecule has 0 spiro atoms. The van der Waals surface area contributed by atoms with Crippen LogP contribution in [0.3, 0.4) is 0 Å². The minimum absolute atomic E-state index is 0.0238. The van der Waals surface area contributed by atoms with E-state index >= 15 is 0 Å². The van der Waals surface area contributed by atoms with E-state index < -0.39 is 12.0 Å². The number of nitrogens with zero attached hydrogens (tertiary/aromatic N) is 2. The molecule has 19 heavy (non-hydrogen) atoms. The molecule has 1 atom stereocenters. The van der Waals surface area contributed by atoms with Crippen molar-refractivity contribution in [3.63, 3.8) is 0 Å². The summed E-state index contributed by atoms with van der Waals surface area (Å²) in [6.07, 6.45) is 3.39. The molecule has 1 unspecified atom stereocenters. The summed E-state index contributed by atoms with van der Waals surface area (Å²) in [6.45, 7) is 4.36. The Bertz CT molecular complexity index is 456. The van der Waals surface area contributed by atoms with E-state index in [9.17, 15) is 9.59 Å². The van der Waals surface area contributed by atoms with E-state index in [0.717, 1.165) is 12.8 Å². The van der Waals surface area contributed by atoms with Crippen molar-refractivity contribution < 1.29 is 14.3 Å². The third-order valence-corrected chi connectivity index (χ3v) is 2.74. The summed E-state index contributed by atoms with van der Waals surface area (Å²) >= 11 is 0. The van der Waals surface area contributed by atoms with E-state index in [1.165, 1.54) is 18.0 Å². The van der Waals surface area contributed by atoms with Gasteiger partial charge in [0.15, 0.2) is 5.69 Å². The van der Waals surface area contributed by atoms with Crippen LogP contribution in [-0.4, -0.2) is 35.3 Å². The molecular formula is C12H20N4O3. The van der Waals surface area contributed by atoms with Crippen molar-refractivity contribution in [1.82, 2.24) is 15.1 Å². The van der Waals surface area contributed by atoms with Crippen molar-refractivity contribution in [2.75, 3.05) is 19.4 Å². The predicted molar refractivity (Wildman–Crippen MR) is 70.6 cm³/mol. The van der Waals surface area contributed by atoms with E-state index in [0.29, 0.717) is 6.54 Å². The lowest BCUT2D eigenvalue weighted by Crippen LogP contribution is -2.32. The molecule has 0 aliphatic carbocycles. The number of hydrogen-bond donors (Lipinski definition) is 2. The fourth-order valence-corrected chi connectivity index (χ4v) is 1.52. The standard InChI is InChI=1S/C12H20N4O3/c1-4-5-6-14-11(17)8(2)16-7-9(13)10(15-16)12(18)19-3/h7-8H,4-6,13H2,1-3H3,(H,14,17). The molecule has 7 heteroatoms. The summed E-state index contributed by atoms with van der Waals surface area (Å²) in [5, 5.41) is 6.78. The van der Waals surface area contributed by atoms with Crippen molar-refractivity contribution in [2.45, 2.75) is 32.7 Å². The first kappa shape index (κ1) is 15.0. The number of carbonyl (C=O) groups is 2. The number of carbonyl (C=O) groups excluding carboxylic acids is 2. The number of ether oxygens (including phenoxy) is 1. The quantitative estimate of drug-likeness (QED) is 0.585. The van der Waals surface area contributed by atoms with Crippen molar-refractivity contribution in [2.24, 2.45) is 0 Å². The smallest absolute Gasteiger partial charge is 0.360 e. The molecule has 1 rings (SSSR count). The van der Waals surface area contributed by atoms with Crippen LogP contribution in [0.4, 0.5) is 5.69 Å². The van der Waals surface area contributed by atoms with Crippen LogP contribution in [0.5, 0.6) is 0 Å².